The Kier molecular flexibility index (Phi) is 18.0. The number of carbonyl (C=O) groups excluding carboxylic acids is 2. The predicted molar refractivity (Wildman–Crippen MR) is 186 cm³/mol. The summed E-state index contributed by atoms with van der Waals surface area (Å²) in [5, 5.41) is 2.83. The van der Waals surface area contributed by atoms with Crippen molar-refractivity contribution in [1.29, 1.82) is 0 Å². The van der Waals surface area contributed by atoms with E-state index in [0.717, 1.165) is 44.9 Å². The number of benzene rings is 1. The first kappa shape index (κ1) is 53.4. The maximum absolute atomic E-state index is 14.4. The van der Waals surface area contributed by atoms with Crippen LogP contribution in [0.15, 0.2) is 52.9 Å². The fraction of sp³-hybridized carbons (Fsp3) is 0.692. The summed E-state index contributed by atoms with van der Waals surface area (Å²) in [7, 11) is 0. The van der Waals surface area contributed by atoms with Crippen molar-refractivity contribution in [3.8, 4) is 0 Å². The zero-order valence-electron chi connectivity index (χ0n) is 33.1. The summed E-state index contributed by atoms with van der Waals surface area (Å²) in [6.07, 6.45) is -2.77. The lowest BCUT2D eigenvalue weighted by molar-refractivity contribution is -0.461. The molecule has 2 rings (SSSR count). The highest BCUT2D eigenvalue weighted by atomic mass is 19.4. The summed E-state index contributed by atoms with van der Waals surface area (Å²) in [6.45, 7) is 4.07. The van der Waals surface area contributed by atoms with Crippen LogP contribution in [0.3, 0.4) is 0 Å². The Labute approximate surface area is 340 Å². The molecule has 350 valence electrons. The van der Waals surface area contributed by atoms with Gasteiger partial charge in [0, 0.05) is 17.8 Å². The summed E-state index contributed by atoms with van der Waals surface area (Å²) in [4.78, 5) is 26.8. The molecule has 1 aliphatic heterocycles. The van der Waals surface area contributed by atoms with Crippen LogP contribution in [0.5, 0.6) is 0 Å². The molecule has 0 aromatic heterocycles. The summed E-state index contributed by atoms with van der Waals surface area (Å²) < 4.78 is 242. The summed E-state index contributed by atoms with van der Waals surface area (Å²) in [5.74, 6) is -60.1. The number of hydrogen-bond acceptors (Lipinski definition) is 5. The molecule has 1 atom stereocenters. The predicted octanol–water partition coefficient (Wildman–Crippen LogP) is 13.1. The first-order valence-electron chi connectivity index (χ1n) is 19.2. The van der Waals surface area contributed by atoms with Gasteiger partial charge in [-0.2, -0.15) is 74.6 Å². The van der Waals surface area contributed by atoms with Crippen LogP contribution >= 0.6 is 0 Å². The molecule has 0 saturated carbocycles. The minimum absolute atomic E-state index is 0.0269. The molecule has 0 fully saturated rings. The van der Waals surface area contributed by atoms with Crippen molar-refractivity contribution in [2.45, 2.75) is 158 Å². The molecule has 0 aliphatic carbocycles. The van der Waals surface area contributed by atoms with E-state index in [1.807, 2.05) is 0 Å². The van der Waals surface area contributed by atoms with Crippen LogP contribution in [0.2, 0.25) is 0 Å². The second-order valence-electron chi connectivity index (χ2n) is 14.6. The standard InChI is InChI=1S/C39H46F17NO4/c1-4-5-6-7-8-9-10-11-12-17-22-60-30(58)27-24(2)57-25(3)28(29(27)26-19-14-13-15-20-26)31(59)61-23-18-16-21-32(40,41)33(42,43)34(44,45)35(46,47)36(48,49)37(50,51)38(52,53)39(54,55)56/h13-15,19-20,29,57H,4-12,16-18,21-23H2,1-3H3. The third kappa shape index (κ3) is 11.3. The lowest BCUT2D eigenvalue weighted by Crippen LogP contribution is -2.74. The monoisotopic (exact) mass is 915 g/mol. The normalized spacial score (nSPS) is 16.5. The molecule has 0 bridgehead atoms. The van der Waals surface area contributed by atoms with E-state index in [1.54, 1.807) is 30.3 Å². The van der Waals surface area contributed by atoms with Crippen molar-refractivity contribution in [2.24, 2.45) is 0 Å². The number of allylic oxidation sites excluding steroid dienone is 2. The largest absolute Gasteiger partial charge is 0.462 e. The Morgan fingerprint density at radius 1 is 0.508 bits per heavy atom. The van der Waals surface area contributed by atoms with E-state index in [-0.39, 0.29) is 29.1 Å². The summed E-state index contributed by atoms with van der Waals surface area (Å²) in [5.41, 5.74) is 0.506. The first-order chi connectivity index (χ1) is 27.9. The average molecular weight is 916 g/mol. The van der Waals surface area contributed by atoms with Crippen LogP contribution in [0.25, 0.3) is 0 Å². The van der Waals surface area contributed by atoms with E-state index >= 15 is 0 Å². The van der Waals surface area contributed by atoms with Gasteiger partial charge in [0.15, 0.2) is 0 Å². The van der Waals surface area contributed by atoms with E-state index in [4.69, 9.17) is 9.47 Å². The lowest BCUT2D eigenvalue weighted by Gasteiger charge is -2.42. The van der Waals surface area contributed by atoms with Crippen molar-refractivity contribution in [3.05, 3.63) is 58.4 Å². The zero-order valence-corrected chi connectivity index (χ0v) is 33.1. The van der Waals surface area contributed by atoms with Gasteiger partial charge in [-0.25, -0.2) is 9.59 Å². The van der Waals surface area contributed by atoms with Crippen molar-refractivity contribution >= 4 is 11.9 Å². The smallest absolute Gasteiger partial charge is 0.460 e. The molecule has 1 aromatic carbocycles. The number of nitrogens with one attached hydrogen (secondary N) is 1. The molecule has 5 nitrogen and oxygen atoms in total. The molecule has 1 heterocycles. The topological polar surface area (TPSA) is 64.6 Å². The van der Waals surface area contributed by atoms with E-state index in [1.165, 1.54) is 26.7 Å². The molecule has 1 aromatic rings. The first-order valence-corrected chi connectivity index (χ1v) is 19.2. The van der Waals surface area contributed by atoms with Gasteiger partial charge in [-0.05, 0) is 38.7 Å². The van der Waals surface area contributed by atoms with Crippen LogP contribution in [0, 0.1) is 0 Å². The molecule has 0 amide bonds. The van der Waals surface area contributed by atoms with Gasteiger partial charge in [0.1, 0.15) is 0 Å². The maximum atomic E-state index is 14.4. The van der Waals surface area contributed by atoms with Gasteiger partial charge in [-0.3, -0.25) is 0 Å². The summed E-state index contributed by atoms with van der Waals surface area (Å²) >= 11 is 0. The molecule has 1 N–H and O–H groups in total. The van der Waals surface area contributed by atoms with Gasteiger partial charge in [0.25, 0.3) is 0 Å². The van der Waals surface area contributed by atoms with Crippen molar-refractivity contribution in [1.82, 2.24) is 5.32 Å². The van der Waals surface area contributed by atoms with Gasteiger partial charge < -0.3 is 14.8 Å². The molecular weight excluding hydrogens is 869 g/mol. The highest BCUT2D eigenvalue weighted by molar-refractivity contribution is 5.99. The SMILES string of the molecule is CCCCCCCCCCCCOC(=O)C1=C(C)NC(C)=C(C(=O)OCCCCC(F)(F)C(F)(F)C(F)(F)C(F)(F)C(F)(F)C(F)(F)C(F)(F)C(F)(F)F)C1c1ccccc1. The average Bonchev–Trinajstić information content (AvgIpc) is 3.15. The van der Waals surface area contributed by atoms with E-state index in [2.05, 4.69) is 12.2 Å². The second kappa shape index (κ2) is 20.6. The van der Waals surface area contributed by atoms with Crippen LogP contribution in [0.1, 0.15) is 116 Å². The third-order valence-corrected chi connectivity index (χ3v) is 9.97. The number of carbonyl (C=O) groups is 2. The molecule has 1 aliphatic rings. The van der Waals surface area contributed by atoms with Crippen LogP contribution in [-0.2, 0) is 19.1 Å². The minimum Gasteiger partial charge on any atom is -0.462 e. The van der Waals surface area contributed by atoms with Crippen molar-refractivity contribution in [2.75, 3.05) is 13.2 Å². The number of unbranched alkanes of at least 4 members (excludes halogenated alkanes) is 10. The number of halogens is 17. The lowest BCUT2D eigenvalue weighted by atomic mass is 9.80. The van der Waals surface area contributed by atoms with E-state index in [9.17, 15) is 84.2 Å². The van der Waals surface area contributed by atoms with Gasteiger partial charge in [0.2, 0.25) is 0 Å². The Morgan fingerprint density at radius 2 is 0.869 bits per heavy atom. The fourth-order valence-electron chi connectivity index (χ4n) is 6.39. The van der Waals surface area contributed by atoms with Crippen LogP contribution in [-0.4, -0.2) is 72.8 Å². The Bertz CT molecular complexity index is 1670. The maximum Gasteiger partial charge on any atom is 0.460 e. The van der Waals surface area contributed by atoms with Crippen LogP contribution in [0.4, 0.5) is 74.6 Å². The second-order valence-corrected chi connectivity index (χ2v) is 14.6. The highest BCUT2D eigenvalue weighted by Gasteiger charge is 2.95. The Balaban J connectivity index is 2.14. The number of esters is 2. The highest BCUT2D eigenvalue weighted by Crippen LogP contribution is 2.64. The van der Waals surface area contributed by atoms with Gasteiger partial charge in [-0.1, -0.05) is 95.0 Å². The third-order valence-electron chi connectivity index (χ3n) is 9.97. The molecule has 61 heavy (non-hydrogen) atoms. The molecule has 0 spiro atoms. The van der Waals surface area contributed by atoms with Gasteiger partial charge in [0.05, 0.1) is 30.3 Å². The van der Waals surface area contributed by atoms with E-state index < -0.39 is 91.4 Å². The van der Waals surface area contributed by atoms with Gasteiger partial charge in [-0.15, -0.1) is 0 Å². The summed E-state index contributed by atoms with van der Waals surface area (Å²) in [6, 6.07) is 7.83. The number of alkyl halides is 17. The quantitative estimate of drug-likeness (QED) is 0.0601. The van der Waals surface area contributed by atoms with Crippen molar-refractivity contribution < 1.29 is 93.7 Å². The van der Waals surface area contributed by atoms with Crippen molar-refractivity contribution in [3.63, 3.8) is 0 Å². The Hall–Kier alpha value is -3.75. The molecule has 0 saturated heterocycles. The van der Waals surface area contributed by atoms with E-state index in [0.29, 0.717) is 12.0 Å². The number of dihydropyridines is 1. The zero-order chi connectivity index (χ0) is 46.9. The molecule has 1 unspecified atom stereocenters. The number of ether oxygens (including phenoxy) is 2. The number of hydrogen-bond donors (Lipinski definition) is 1. The molecule has 0 radical (unpaired) electrons. The molecular formula is C39H46F17NO4. The molecule has 22 heteroatoms. The number of rotatable bonds is 25. The fourth-order valence-corrected chi connectivity index (χ4v) is 6.39. The Morgan fingerprint density at radius 3 is 1.28 bits per heavy atom. The van der Waals surface area contributed by atoms with Crippen LogP contribution < -0.4 is 5.32 Å². The van der Waals surface area contributed by atoms with Gasteiger partial charge >= 0.3 is 59.6 Å². The minimum atomic E-state index is -8.70.